The highest BCUT2D eigenvalue weighted by molar-refractivity contribution is 5.82. The lowest BCUT2D eigenvalue weighted by atomic mass is 9.86. The Morgan fingerprint density at radius 3 is 2.88 bits per heavy atom. The fourth-order valence-electron chi connectivity index (χ4n) is 3.55. The molecule has 2 saturated heterocycles. The Morgan fingerprint density at radius 1 is 1.38 bits per heavy atom. The standard InChI is InChI=1S/C17H25N3O4/c1-19-10-12(9-18-19)16-14(6-7-15(21)20(16)2)17(22)24-11-13-5-3-4-8-23-13/h9-10,13-14,16H,3-8,11H2,1-2H3. The van der Waals surface area contributed by atoms with Crippen molar-refractivity contribution in [2.24, 2.45) is 13.0 Å². The number of rotatable bonds is 4. The highest BCUT2D eigenvalue weighted by atomic mass is 16.6. The zero-order valence-electron chi connectivity index (χ0n) is 14.3. The number of likely N-dealkylation sites (tertiary alicyclic amines) is 1. The minimum Gasteiger partial charge on any atom is -0.463 e. The number of nitrogens with zero attached hydrogens (tertiary/aromatic N) is 3. The normalized spacial score (nSPS) is 28.0. The lowest BCUT2D eigenvalue weighted by Crippen LogP contribution is -2.44. The van der Waals surface area contributed by atoms with E-state index < -0.39 is 0 Å². The molecule has 1 amide bonds. The summed E-state index contributed by atoms with van der Waals surface area (Å²) in [5.74, 6) is -0.568. The number of ether oxygens (including phenoxy) is 2. The zero-order chi connectivity index (χ0) is 17.1. The summed E-state index contributed by atoms with van der Waals surface area (Å²) in [6, 6.07) is -0.320. The molecule has 0 bridgehead atoms. The van der Waals surface area contributed by atoms with Crippen LogP contribution in [0.1, 0.15) is 43.7 Å². The van der Waals surface area contributed by atoms with E-state index in [0.717, 1.165) is 31.4 Å². The van der Waals surface area contributed by atoms with Crippen molar-refractivity contribution in [2.45, 2.75) is 44.2 Å². The maximum Gasteiger partial charge on any atom is 0.311 e. The average molecular weight is 335 g/mol. The lowest BCUT2D eigenvalue weighted by Gasteiger charge is -2.37. The second kappa shape index (κ2) is 7.34. The Kier molecular flexibility index (Phi) is 5.18. The molecule has 7 heteroatoms. The molecule has 0 spiro atoms. The average Bonchev–Trinajstić information content (AvgIpc) is 3.02. The van der Waals surface area contributed by atoms with Gasteiger partial charge in [0.25, 0.3) is 0 Å². The third-order valence-corrected chi connectivity index (χ3v) is 4.92. The van der Waals surface area contributed by atoms with Crippen LogP contribution in [0, 0.1) is 5.92 Å². The van der Waals surface area contributed by atoms with E-state index in [-0.39, 0.29) is 29.9 Å². The van der Waals surface area contributed by atoms with E-state index in [9.17, 15) is 9.59 Å². The fourth-order valence-corrected chi connectivity index (χ4v) is 3.55. The van der Waals surface area contributed by atoms with Gasteiger partial charge in [0, 0.05) is 38.9 Å². The molecule has 2 aliphatic heterocycles. The molecule has 0 aliphatic carbocycles. The van der Waals surface area contributed by atoms with Gasteiger partial charge in [0.15, 0.2) is 0 Å². The molecule has 2 aliphatic rings. The Hall–Kier alpha value is -1.89. The van der Waals surface area contributed by atoms with Gasteiger partial charge in [-0.15, -0.1) is 0 Å². The first-order valence-corrected chi connectivity index (χ1v) is 8.58. The molecule has 0 radical (unpaired) electrons. The van der Waals surface area contributed by atoms with E-state index in [1.165, 1.54) is 0 Å². The predicted octanol–water partition coefficient (Wildman–Crippen LogP) is 1.44. The van der Waals surface area contributed by atoms with E-state index in [2.05, 4.69) is 5.10 Å². The largest absolute Gasteiger partial charge is 0.463 e. The fraction of sp³-hybridized carbons (Fsp3) is 0.706. The smallest absolute Gasteiger partial charge is 0.311 e. The number of carbonyl (C=O) groups is 2. The molecule has 3 heterocycles. The zero-order valence-corrected chi connectivity index (χ0v) is 14.3. The lowest BCUT2D eigenvalue weighted by molar-refractivity contribution is -0.160. The number of hydrogen-bond acceptors (Lipinski definition) is 5. The number of aromatic nitrogens is 2. The third kappa shape index (κ3) is 3.61. The van der Waals surface area contributed by atoms with Gasteiger partial charge in [0.2, 0.25) is 5.91 Å². The molecule has 3 atom stereocenters. The highest BCUT2D eigenvalue weighted by Gasteiger charge is 2.40. The van der Waals surface area contributed by atoms with Crippen LogP contribution in [0.3, 0.4) is 0 Å². The summed E-state index contributed by atoms with van der Waals surface area (Å²) < 4.78 is 12.8. The van der Waals surface area contributed by atoms with Crippen molar-refractivity contribution in [3.63, 3.8) is 0 Å². The first kappa shape index (κ1) is 17.0. The molecule has 7 nitrogen and oxygen atoms in total. The molecular weight excluding hydrogens is 310 g/mol. The summed E-state index contributed by atoms with van der Waals surface area (Å²) in [6.45, 7) is 1.04. The summed E-state index contributed by atoms with van der Waals surface area (Å²) in [6.07, 6.45) is 7.56. The van der Waals surface area contributed by atoms with Crippen LogP contribution in [0.4, 0.5) is 0 Å². The predicted molar refractivity (Wildman–Crippen MR) is 86.0 cm³/mol. The van der Waals surface area contributed by atoms with Gasteiger partial charge in [-0.1, -0.05) is 0 Å². The first-order valence-electron chi connectivity index (χ1n) is 8.58. The van der Waals surface area contributed by atoms with Crippen molar-refractivity contribution in [2.75, 3.05) is 20.3 Å². The van der Waals surface area contributed by atoms with Crippen LogP contribution in [0.15, 0.2) is 12.4 Å². The van der Waals surface area contributed by atoms with Crippen molar-refractivity contribution in [3.8, 4) is 0 Å². The van der Waals surface area contributed by atoms with Crippen molar-refractivity contribution in [3.05, 3.63) is 18.0 Å². The van der Waals surface area contributed by atoms with Gasteiger partial charge in [-0.2, -0.15) is 5.10 Å². The van der Waals surface area contributed by atoms with Crippen LogP contribution >= 0.6 is 0 Å². The van der Waals surface area contributed by atoms with E-state index in [1.807, 2.05) is 13.2 Å². The SMILES string of the molecule is CN1C(=O)CCC(C(=O)OCC2CCCCO2)C1c1cnn(C)c1. The van der Waals surface area contributed by atoms with Gasteiger partial charge in [-0.25, -0.2) is 0 Å². The summed E-state index contributed by atoms with van der Waals surface area (Å²) in [4.78, 5) is 26.4. The van der Waals surface area contributed by atoms with Crippen molar-refractivity contribution >= 4 is 11.9 Å². The second-order valence-corrected chi connectivity index (χ2v) is 6.66. The van der Waals surface area contributed by atoms with E-state index in [0.29, 0.717) is 19.4 Å². The van der Waals surface area contributed by atoms with Gasteiger partial charge in [-0.3, -0.25) is 14.3 Å². The third-order valence-electron chi connectivity index (χ3n) is 4.92. The van der Waals surface area contributed by atoms with E-state index in [4.69, 9.17) is 9.47 Å². The molecule has 0 saturated carbocycles. The Balaban J connectivity index is 1.68. The number of carbonyl (C=O) groups excluding carboxylic acids is 2. The Labute approximate surface area is 141 Å². The Morgan fingerprint density at radius 2 is 2.21 bits per heavy atom. The molecule has 0 aromatic carbocycles. The number of amides is 1. The van der Waals surface area contributed by atoms with Crippen LogP contribution in [-0.2, 0) is 26.1 Å². The van der Waals surface area contributed by atoms with Crippen LogP contribution in [0.25, 0.3) is 0 Å². The van der Waals surface area contributed by atoms with Gasteiger partial charge in [-0.05, 0) is 25.7 Å². The molecule has 2 fully saturated rings. The van der Waals surface area contributed by atoms with Crippen molar-refractivity contribution < 1.29 is 19.1 Å². The Bertz CT molecular complexity index is 594. The highest BCUT2D eigenvalue weighted by Crippen LogP contribution is 2.36. The van der Waals surface area contributed by atoms with Gasteiger partial charge in [0.1, 0.15) is 6.61 Å². The van der Waals surface area contributed by atoms with Crippen LogP contribution in [-0.4, -0.2) is 52.9 Å². The summed E-state index contributed by atoms with van der Waals surface area (Å²) in [5, 5.41) is 4.17. The first-order chi connectivity index (χ1) is 11.6. The number of piperidine rings is 1. The molecule has 3 unspecified atom stereocenters. The van der Waals surface area contributed by atoms with Crippen LogP contribution in [0.2, 0.25) is 0 Å². The molecule has 0 N–H and O–H groups in total. The molecule has 132 valence electrons. The molecule has 1 aromatic heterocycles. The molecular formula is C17H25N3O4. The number of esters is 1. The molecule has 24 heavy (non-hydrogen) atoms. The summed E-state index contributed by atoms with van der Waals surface area (Å²) in [5.41, 5.74) is 0.865. The number of aryl methyl sites for hydroxylation is 1. The second-order valence-electron chi connectivity index (χ2n) is 6.66. The minimum atomic E-state index is -0.361. The number of hydrogen-bond donors (Lipinski definition) is 0. The van der Waals surface area contributed by atoms with Crippen LogP contribution < -0.4 is 0 Å². The topological polar surface area (TPSA) is 73.7 Å². The van der Waals surface area contributed by atoms with Crippen molar-refractivity contribution in [1.29, 1.82) is 0 Å². The van der Waals surface area contributed by atoms with Crippen LogP contribution in [0.5, 0.6) is 0 Å². The molecule has 1 aromatic rings. The van der Waals surface area contributed by atoms with E-state index in [1.54, 1.807) is 22.8 Å². The quantitative estimate of drug-likeness (QED) is 0.779. The van der Waals surface area contributed by atoms with Gasteiger partial charge < -0.3 is 14.4 Å². The minimum absolute atomic E-state index is 0.00231. The maximum atomic E-state index is 12.6. The van der Waals surface area contributed by atoms with Gasteiger partial charge >= 0.3 is 5.97 Å². The monoisotopic (exact) mass is 335 g/mol. The van der Waals surface area contributed by atoms with E-state index >= 15 is 0 Å². The molecule has 3 rings (SSSR count). The van der Waals surface area contributed by atoms with Gasteiger partial charge in [0.05, 0.1) is 24.3 Å². The summed E-state index contributed by atoms with van der Waals surface area (Å²) in [7, 11) is 3.56. The maximum absolute atomic E-state index is 12.6. The van der Waals surface area contributed by atoms with Crippen molar-refractivity contribution in [1.82, 2.24) is 14.7 Å². The summed E-state index contributed by atoms with van der Waals surface area (Å²) >= 11 is 0.